The third kappa shape index (κ3) is 3.29. The lowest BCUT2D eigenvalue weighted by molar-refractivity contribution is 0.363. The van der Waals surface area contributed by atoms with Crippen molar-refractivity contribution >= 4 is 46.2 Å². The van der Waals surface area contributed by atoms with Gasteiger partial charge < -0.3 is 16.4 Å². The first-order valence-corrected chi connectivity index (χ1v) is 9.45. The molecule has 3 aromatic heterocycles. The Morgan fingerprint density at radius 3 is 2.85 bits per heavy atom. The van der Waals surface area contributed by atoms with Crippen molar-refractivity contribution in [3.05, 3.63) is 23.5 Å². The molecule has 26 heavy (non-hydrogen) atoms. The molecule has 0 aliphatic carbocycles. The number of nitrogen functional groups attached to an aromatic ring is 1. The molecule has 4 heterocycles. The Labute approximate surface area is 159 Å². The maximum Gasteiger partial charge on any atom is 0.177 e. The van der Waals surface area contributed by atoms with Crippen molar-refractivity contribution in [1.82, 2.24) is 25.1 Å². The number of pyridine rings is 1. The highest BCUT2D eigenvalue weighted by Gasteiger charge is 2.27. The number of rotatable bonds is 3. The molecule has 1 aliphatic rings. The van der Waals surface area contributed by atoms with Crippen molar-refractivity contribution in [2.24, 2.45) is 5.73 Å². The maximum absolute atomic E-state index is 6.21. The first kappa shape index (κ1) is 17.3. The molecule has 1 fully saturated rings. The summed E-state index contributed by atoms with van der Waals surface area (Å²) in [5, 5.41) is 8.39. The quantitative estimate of drug-likeness (QED) is 0.623. The van der Waals surface area contributed by atoms with Gasteiger partial charge in [-0.2, -0.15) is 5.10 Å². The summed E-state index contributed by atoms with van der Waals surface area (Å²) in [7, 11) is 0. The van der Waals surface area contributed by atoms with Gasteiger partial charge in [0.25, 0.3) is 0 Å². The van der Waals surface area contributed by atoms with Crippen molar-refractivity contribution in [2.45, 2.75) is 35.2 Å². The highest BCUT2D eigenvalue weighted by molar-refractivity contribution is 7.99. The number of nitrogens with two attached hydrogens (primary N) is 2. The first-order valence-electron chi connectivity index (χ1n) is 8.26. The number of fused-ring (bicyclic) bond motifs is 1. The average Bonchev–Trinajstić information content (AvgIpc) is 3.01. The molecule has 136 valence electrons. The molecule has 0 saturated carbocycles. The molecule has 0 atom stereocenters. The highest BCUT2D eigenvalue weighted by Crippen LogP contribution is 2.36. The van der Waals surface area contributed by atoms with Gasteiger partial charge >= 0.3 is 0 Å². The summed E-state index contributed by atoms with van der Waals surface area (Å²) in [5.74, 6) is 1.13. The van der Waals surface area contributed by atoms with Crippen LogP contribution in [0.4, 0.5) is 11.6 Å². The fourth-order valence-corrected chi connectivity index (χ4v) is 3.96. The van der Waals surface area contributed by atoms with Gasteiger partial charge in [0.1, 0.15) is 17.2 Å². The van der Waals surface area contributed by atoms with E-state index in [1.807, 2.05) is 0 Å². The smallest absolute Gasteiger partial charge is 0.177 e. The summed E-state index contributed by atoms with van der Waals surface area (Å²) < 4.78 is 0. The Balaban J connectivity index is 1.59. The van der Waals surface area contributed by atoms with Crippen molar-refractivity contribution in [3.63, 3.8) is 0 Å². The third-order valence-corrected chi connectivity index (χ3v) is 6.09. The van der Waals surface area contributed by atoms with Crippen LogP contribution in [-0.4, -0.2) is 43.8 Å². The Morgan fingerprint density at radius 1 is 1.31 bits per heavy atom. The van der Waals surface area contributed by atoms with Crippen LogP contribution in [0, 0.1) is 0 Å². The number of aromatic amines is 1. The number of H-pyrrole nitrogens is 1. The lowest BCUT2D eigenvalue weighted by atomic mass is 9.91. The molecule has 0 amide bonds. The first-order chi connectivity index (χ1) is 12.4. The Kier molecular flexibility index (Phi) is 4.37. The van der Waals surface area contributed by atoms with E-state index in [1.165, 1.54) is 11.8 Å². The second-order valence-corrected chi connectivity index (χ2v) is 8.11. The van der Waals surface area contributed by atoms with Gasteiger partial charge in [-0.05, 0) is 25.8 Å². The predicted molar refractivity (Wildman–Crippen MR) is 104 cm³/mol. The van der Waals surface area contributed by atoms with E-state index in [-0.39, 0.29) is 5.54 Å². The Hall–Kier alpha value is -2.10. The second-order valence-electron chi connectivity index (χ2n) is 6.71. The third-order valence-electron chi connectivity index (χ3n) is 4.54. The van der Waals surface area contributed by atoms with Gasteiger partial charge in [-0.25, -0.2) is 15.0 Å². The minimum atomic E-state index is -0.0997. The van der Waals surface area contributed by atoms with Crippen molar-refractivity contribution in [1.29, 1.82) is 0 Å². The molecule has 0 unspecified atom stereocenters. The minimum Gasteiger partial charge on any atom is -0.382 e. The number of piperidine rings is 1. The van der Waals surface area contributed by atoms with E-state index in [0.717, 1.165) is 36.6 Å². The topological polar surface area (TPSA) is 123 Å². The summed E-state index contributed by atoms with van der Waals surface area (Å²) in [5.41, 5.74) is 13.2. The predicted octanol–water partition coefficient (Wildman–Crippen LogP) is 2.45. The lowest BCUT2D eigenvalue weighted by Crippen LogP contribution is -2.48. The van der Waals surface area contributed by atoms with E-state index >= 15 is 0 Å². The number of hydrogen-bond acceptors (Lipinski definition) is 8. The van der Waals surface area contributed by atoms with Gasteiger partial charge in [-0.1, -0.05) is 23.4 Å². The summed E-state index contributed by atoms with van der Waals surface area (Å²) in [6.45, 7) is 3.83. The summed E-state index contributed by atoms with van der Waals surface area (Å²) in [6.07, 6.45) is 5.25. The Morgan fingerprint density at radius 2 is 2.08 bits per heavy atom. The van der Waals surface area contributed by atoms with Gasteiger partial charge in [0.2, 0.25) is 0 Å². The van der Waals surface area contributed by atoms with Crippen LogP contribution in [0.25, 0.3) is 11.2 Å². The molecular formula is C16H19ClN8S. The molecule has 10 heteroatoms. The summed E-state index contributed by atoms with van der Waals surface area (Å²) in [4.78, 5) is 16.2. The van der Waals surface area contributed by atoms with E-state index in [0.29, 0.717) is 27.0 Å². The van der Waals surface area contributed by atoms with Gasteiger partial charge in [-0.15, -0.1) is 0 Å². The average molecular weight is 391 g/mol. The molecule has 0 spiro atoms. The molecule has 1 saturated heterocycles. The van der Waals surface area contributed by atoms with E-state index in [9.17, 15) is 0 Å². The van der Waals surface area contributed by atoms with Crippen LogP contribution in [0.3, 0.4) is 0 Å². The molecule has 4 rings (SSSR count). The van der Waals surface area contributed by atoms with Crippen molar-refractivity contribution in [2.75, 3.05) is 23.7 Å². The van der Waals surface area contributed by atoms with E-state index in [2.05, 4.69) is 37.0 Å². The number of anilines is 2. The number of halogens is 1. The SMILES string of the molecule is CC1(N)CCN(c2cnc3c(Sc4ccnc(N)c4Cl)n[nH]c3n2)CC1. The highest BCUT2D eigenvalue weighted by atomic mass is 35.5. The van der Waals surface area contributed by atoms with Crippen LogP contribution >= 0.6 is 23.4 Å². The summed E-state index contributed by atoms with van der Waals surface area (Å²) >= 11 is 7.59. The van der Waals surface area contributed by atoms with Gasteiger partial charge in [0.15, 0.2) is 10.7 Å². The molecule has 5 N–H and O–H groups in total. The van der Waals surface area contributed by atoms with Crippen LogP contribution in [0.2, 0.25) is 5.02 Å². The number of nitrogens with zero attached hydrogens (tertiary/aromatic N) is 5. The molecule has 3 aromatic rings. The molecule has 0 bridgehead atoms. The monoisotopic (exact) mass is 390 g/mol. The maximum atomic E-state index is 6.21. The van der Waals surface area contributed by atoms with Gasteiger partial charge in [0, 0.05) is 29.7 Å². The van der Waals surface area contributed by atoms with Crippen molar-refractivity contribution in [3.8, 4) is 0 Å². The standard InChI is InChI=1S/C16H19ClN8S/c1-16(19)3-6-25(7-4-16)10-8-21-12-14(22-10)23-24-15(12)26-9-2-5-20-13(18)11(9)17/h2,5,8H,3-4,6-7,19H2,1H3,(H2,18,20)(H,22,23,24). The fourth-order valence-electron chi connectivity index (χ4n) is 2.87. The van der Waals surface area contributed by atoms with E-state index in [4.69, 9.17) is 23.1 Å². The largest absolute Gasteiger partial charge is 0.382 e. The van der Waals surface area contributed by atoms with E-state index < -0.39 is 0 Å². The van der Waals surface area contributed by atoms with Crippen LogP contribution in [-0.2, 0) is 0 Å². The zero-order valence-electron chi connectivity index (χ0n) is 14.2. The van der Waals surface area contributed by atoms with Gasteiger partial charge in [0.05, 0.1) is 11.2 Å². The summed E-state index contributed by atoms with van der Waals surface area (Å²) in [6, 6.07) is 1.79. The lowest BCUT2D eigenvalue weighted by Gasteiger charge is -2.37. The molecule has 1 aliphatic heterocycles. The molecule has 0 radical (unpaired) electrons. The Bertz CT molecular complexity index is 947. The minimum absolute atomic E-state index is 0.0997. The van der Waals surface area contributed by atoms with Crippen LogP contribution in [0.15, 0.2) is 28.4 Å². The van der Waals surface area contributed by atoms with Crippen LogP contribution < -0.4 is 16.4 Å². The zero-order chi connectivity index (χ0) is 18.3. The van der Waals surface area contributed by atoms with Gasteiger partial charge in [-0.3, -0.25) is 5.10 Å². The number of aromatic nitrogens is 5. The number of hydrogen-bond donors (Lipinski definition) is 3. The van der Waals surface area contributed by atoms with Crippen LogP contribution in [0.5, 0.6) is 0 Å². The zero-order valence-corrected chi connectivity index (χ0v) is 15.8. The second kappa shape index (κ2) is 6.57. The molecular weight excluding hydrogens is 372 g/mol. The van der Waals surface area contributed by atoms with E-state index in [1.54, 1.807) is 18.5 Å². The van der Waals surface area contributed by atoms with Crippen LogP contribution in [0.1, 0.15) is 19.8 Å². The normalized spacial score (nSPS) is 17.0. The van der Waals surface area contributed by atoms with Crippen molar-refractivity contribution < 1.29 is 0 Å². The number of nitrogens with one attached hydrogen (secondary N) is 1. The fraction of sp³-hybridized carbons (Fsp3) is 0.375. The molecule has 0 aromatic carbocycles. The molecule has 8 nitrogen and oxygen atoms in total.